The molecule has 122 valence electrons. The summed E-state index contributed by atoms with van der Waals surface area (Å²) in [7, 11) is 0. The number of rotatable bonds is 7. The Kier molecular flexibility index (Phi) is 6.09. The van der Waals surface area contributed by atoms with Crippen LogP contribution in [0.4, 0.5) is 5.95 Å². The molecule has 0 spiro atoms. The molecule has 1 aromatic heterocycles. The van der Waals surface area contributed by atoms with Crippen LogP contribution in [0.15, 0.2) is 12.4 Å². The Hall–Kier alpha value is -1.73. The summed E-state index contributed by atoms with van der Waals surface area (Å²) in [5.41, 5.74) is 0.881. The first-order valence-corrected chi connectivity index (χ1v) is 7.71. The number of hydrogen-bond donors (Lipinski definition) is 2. The summed E-state index contributed by atoms with van der Waals surface area (Å²) in [4.78, 5) is 22.1. The zero-order valence-corrected chi connectivity index (χ0v) is 13.2. The number of carboxylic acids is 1. The highest BCUT2D eigenvalue weighted by atomic mass is 16.5. The summed E-state index contributed by atoms with van der Waals surface area (Å²) in [6, 6.07) is -0.552. The number of nitrogens with one attached hydrogen (secondary N) is 1. The highest BCUT2D eigenvalue weighted by Gasteiger charge is 2.22. The van der Waals surface area contributed by atoms with E-state index in [2.05, 4.69) is 20.2 Å². The Bertz CT molecular complexity index is 474. The smallest absolute Gasteiger partial charge is 0.320 e. The van der Waals surface area contributed by atoms with Gasteiger partial charge in [0.25, 0.3) is 0 Å². The molecule has 22 heavy (non-hydrogen) atoms. The molecule has 2 atom stereocenters. The number of ether oxygens (including phenoxy) is 1. The van der Waals surface area contributed by atoms with Crippen LogP contribution in [0.2, 0.25) is 0 Å². The lowest BCUT2D eigenvalue weighted by atomic mass is 9.99. The second-order valence-corrected chi connectivity index (χ2v) is 5.57. The van der Waals surface area contributed by atoms with Crippen molar-refractivity contribution in [1.29, 1.82) is 0 Å². The third-order valence-electron chi connectivity index (χ3n) is 3.99. The zero-order valence-electron chi connectivity index (χ0n) is 13.2. The quantitative estimate of drug-likeness (QED) is 0.774. The Morgan fingerprint density at radius 3 is 2.59 bits per heavy atom. The van der Waals surface area contributed by atoms with E-state index < -0.39 is 12.0 Å². The van der Waals surface area contributed by atoms with Gasteiger partial charge < -0.3 is 14.7 Å². The van der Waals surface area contributed by atoms with Gasteiger partial charge in [-0.05, 0) is 5.92 Å². The molecular formula is C15H24N4O3. The standard InChI is InChI=1S/C15H24N4O3/c1-3-11(2)13(14(20)21)16-8-12-9-17-15(18-10-12)19-4-6-22-7-5-19/h9-11,13,16H,3-8H2,1-2H3,(H,20,21). The van der Waals surface area contributed by atoms with Crippen LogP contribution >= 0.6 is 0 Å². The predicted octanol–water partition coefficient (Wildman–Crippen LogP) is 0.902. The number of aliphatic carboxylic acids is 1. The first kappa shape index (κ1) is 16.6. The van der Waals surface area contributed by atoms with Crippen molar-refractivity contribution < 1.29 is 14.6 Å². The minimum atomic E-state index is -0.819. The molecule has 2 heterocycles. The maximum Gasteiger partial charge on any atom is 0.320 e. The molecule has 1 aromatic rings. The van der Waals surface area contributed by atoms with Gasteiger partial charge in [0.15, 0.2) is 0 Å². The van der Waals surface area contributed by atoms with Crippen LogP contribution in [0.3, 0.4) is 0 Å². The zero-order chi connectivity index (χ0) is 15.9. The van der Waals surface area contributed by atoms with Crippen LogP contribution in [-0.4, -0.2) is 53.4 Å². The van der Waals surface area contributed by atoms with Gasteiger partial charge in [-0.1, -0.05) is 20.3 Å². The molecule has 0 bridgehead atoms. The van der Waals surface area contributed by atoms with Crippen molar-refractivity contribution in [3.8, 4) is 0 Å². The van der Waals surface area contributed by atoms with Crippen LogP contribution in [0, 0.1) is 5.92 Å². The molecular weight excluding hydrogens is 284 g/mol. The highest BCUT2D eigenvalue weighted by molar-refractivity contribution is 5.73. The van der Waals surface area contributed by atoms with Gasteiger partial charge in [-0.3, -0.25) is 10.1 Å². The van der Waals surface area contributed by atoms with Gasteiger partial charge in [0.1, 0.15) is 6.04 Å². The molecule has 2 N–H and O–H groups in total. The highest BCUT2D eigenvalue weighted by Crippen LogP contribution is 2.11. The van der Waals surface area contributed by atoms with Crippen molar-refractivity contribution in [3.63, 3.8) is 0 Å². The SMILES string of the molecule is CCC(C)C(NCc1cnc(N2CCOCC2)nc1)C(=O)O. The number of anilines is 1. The molecule has 1 aliphatic rings. The molecule has 1 fully saturated rings. The van der Waals surface area contributed by atoms with E-state index in [1.165, 1.54) is 0 Å². The van der Waals surface area contributed by atoms with Crippen molar-refractivity contribution >= 4 is 11.9 Å². The van der Waals surface area contributed by atoms with Gasteiger partial charge in [-0.2, -0.15) is 0 Å². The van der Waals surface area contributed by atoms with Crippen molar-refractivity contribution in [2.75, 3.05) is 31.2 Å². The van der Waals surface area contributed by atoms with Gasteiger partial charge in [-0.25, -0.2) is 9.97 Å². The number of aromatic nitrogens is 2. The molecule has 1 saturated heterocycles. The van der Waals surface area contributed by atoms with E-state index in [1.807, 2.05) is 13.8 Å². The summed E-state index contributed by atoms with van der Waals surface area (Å²) in [5, 5.41) is 12.3. The van der Waals surface area contributed by atoms with Crippen LogP contribution in [0.5, 0.6) is 0 Å². The average molecular weight is 308 g/mol. The molecule has 7 nitrogen and oxygen atoms in total. The Morgan fingerprint density at radius 1 is 1.41 bits per heavy atom. The topological polar surface area (TPSA) is 87.6 Å². The molecule has 7 heteroatoms. The van der Waals surface area contributed by atoms with Crippen molar-refractivity contribution in [2.45, 2.75) is 32.9 Å². The molecule has 0 saturated carbocycles. The molecule has 2 rings (SSSR count). The molecule has 1 aliphatic heterocycles. The predicted molar refractivity (Wildman–Crippen MR) is 82.8 cm³/mol. The van der Waals surface area contributed by atoms with Gasteiger partial charge in [-0.15, -0.1) is 0 Å². The minimum absolute atomic E-state index is 0.0750. The third-order valence-corrected chi connectivity index (χ3v) is 3.99. The largest absolute Gasteiger partial charge is 0.480 e. The minimum Gasteiger partial charge on any atom is -0.480 e. The van der Waals surface area contributed by atoms with E-state index in [9.17, 15) is 9.90 Å². The first-order chi connectivity index (χ1) is 10.6. The second kappa shape index (κ2) is 8.05. The summed E-state index contributed by atoms with van der Waals surface area (Å²) >= 11 is 0. The number of nitrogens with zero attached hydrogens (tertiary/aromatic N) is 3. The van der Waals surface area contributed by atoms with E-state index >= 15 is 0 Å². The maximum absolute atomic E-state index is 11.3. The average Bonchev–Trinajstić information content (AvgIpc) is 2.56. The monoisotopic (exact) mass is 308 g/mol. The number of carbonyl (C=O) groups is 1. The molecule has 2 unspecified atom stereocenters. The lowest BCUT2D eigenvalue weighted by molar-refractivity contribution is -0.140. The maximum atomic E-state index is 11.3. The fourth-order valence-corrected chi connectivity index (χ4v) is 2.36. The lowest BCUT2D eigenvalue weighted by Gasteiger charge is -2.26. The second-order valence-electron chi connectivity index (χ2n) is 5.57. The Labute approximate surface area is 130 Å². The number of hydrogen-bond acceptors (Lipinski definition) is 6. The number of morpholine rings is 1. The van der Waals surface area contributed by atoms with Crippen LogP contribution in [-0.2, 0) is 16.1 Å². The van der Waals surface area contributed by atoms with E-state index in [1.54, 1.807) is 12.4 Å². The van der Waals surface area contributed by atoms with Gasteiger partial charge in [0.2, 0.25) is 5.95 Å². The summed E-state index contributed by atoms with van der Waals surface area (Å²) in [6.07, 6.45) is 4.32. The third kappa shape index (κ3) is 4.38. The van der Waals surface area contributed by atoms with E-state index in [0.29, 0.717) is 25.7 Å². The fraction of sp³-hybridized carbons (Fsp3) is 0.667. The summed E-state index contributed by atoms with van der Waals surface area (Å²) in [6.45, 7) is 7.36. The first-order valence-electron chi connectivity index (χ1n) is 7.71. The Balaban J connectivity index is 1.91. The van der Waals surface area contributed by atoms with Gasteiger partial charge in [0, 0.05) is 37.6 Å². The Morgan fingerprint density at radius 2 is 2.05 bits per heavy atom. The van der Waals surface area contributed by atoms with Crippen LogP contribution in [0.25, 0.3) is 0 Å². The van der Waals surface area contributed by atoms with Crippen LogP contribution < -0.4 is 10.2 Å². The molecule has 0 aliphatic carbocycles. The van der Waals surface area contributed by atoms with E-state index in [0.717, 1.165) is 25.1 Å². The van der Waals surface area contributed by atoms with Crippen molar-refractivity contribution in [1.82, 2.24) is 15.3 Å². The molecule has 0 radical (unpaired) electrons. The van der Waals surface area contributed by atoms with Crippen molar-refractivity contribution in [3.05, 3.63) is 18.0 Å². The van der Waals surface area contributed by atoms with Crippen LogP contribution in [0.1, 0.15) is 25.8 Å². The summed E-state index contributed by atoms with van der Waals surface area (Å²) < 4.78 is 5.30. The normalized spacial score (nSPS) is 18.0. The molecule has 0 amide bonds. The van der Waals surface area contributed by atoms with E-state index in [4.69, 9.17) is 4.74 Å². The molecule has 0 aromatic carbocycles. The summed E-state index contributed by atoms with van der Waals surface area (Å²) in [5.74, 6) is -0.0463. The van der Waals surface area contributed by atoms with Crippen molar-refractivity contribution in [2.24, 2.45) is 5.92 Å². The number of carboxylic acid groups (broad SMARTS) is 1. The van der Waals surface area contributed by atoms with Gasteiger partial charge in [0.05, 0.1) is 13.2 Å². The van der Waals surface area contributed by atoms with Gasteiger partial charge >= 0.3 is 5.97 Å². The fourth-order valence-electron chi connectivity index (χ4n) is 2.36. The lowest BCUT2D eigenvalue weighted by Crippen LogP contribution is -2.41. The van der Waals surface area contributed by atoms with E-state index in [-0.39, 0.29) is 5.92 Å².